The second-order valence-corrected chi connectivity index (χ2v) is 5.61. The van der Waals surface area contributed by atoms with E-state index in [1.54, 1.807) is 11.3 Å². The van der Waals surface area contributed by atoms with Gasteiger partial charge in [-0.15, -0.1) is 11.3 Å². The molecule has 98 valence electrons. The van der Waals surface area contributed by atoms with E-state index in [-0.39, 0.29) is 6.61 Å². The molecule has 2 heterocycles. The monoisotopic (exact) mass is 264 g/mol. The molecule has 3 nitrogen and oxygen atoms in total. The van der Waals surface area contributed by atoms with Crippen molar-refractivity contribution >= 4 is 11.3 Å². The Morgan fingerprint density at radius 1 is 1.50 bits per heavy atom. The van der Waals surface area contributed by atoms with Crippen LogP contribution in [0.4, 0.5) is 0 Å². The van der Waals surface area contributed by atoms with E-state index in [1.165, 1.54) is 17.7 Å². The summed E-state index contributed by atoms with van der Waals surface area (Å²) < 4.78 is 0. The maximum absolute atomic E-state index is 9.39. The van der Waals surface area contributed by atoms with E-state index in [4.69, 9.17) is 5.73 Å². The highest BCUT2D eigenvalue weighted by atomic mass is 32.1. The molecule has 0 aliphatic carbocycles. The van der Waals surface area contributed by atoms with Crippen molar-refractivity contribution in [1.29, 1.82) is 0 Å². The number of nitrogens with zero attached hydrogens (tertiary/aromatic N) is 1. The zero-order valence-corrected chi connectivity index (χ0v) is 11.4. The first-order valence-electron chi connectivity index (χ1n) is 6.44. The van der Waals surface area contributed by atoms with Crippen LogP contribution in [0.2, 0.25) is 0 Å². The van der Waals surface area contributed by atoms with Crippen molar-refractivity contribution in [2.75, 3.05) is 19.7 Å². The van der Waals surface area contributed by atoms with E-state index < -0.39 is 0 Å². The van der Waals surface area contributed by atoms with Gasteiger partial charge in [0.15, 0.2) is 0 Å². The summed E-state index contributed by atoms with van der Waals surface area (Å²) in [4.78, 5) is 3.70. The lowest BCUT2D eigenvalue weighted by Crippen LogP contribution is -2.40. The van der Waals surface area contributed by atoms with Gasteiger partial charge in [0.25, 0.3) is 0 Å². The maximum Gasteiger partial charge on any atom is 0.0587 e. The average Bonchev–Trinajstić information content (AvgIpc) is 2.84. The van der Waals surface area contributed by atoms with Crippen LogP contribution in [0, 0.1) is 11.8 Å². The molecule has 1 aliphatic rings. The van der Waals surface area contributed by atoms with Crippen molar-refractivity contribution in [1.82, 2.24) is 4.90 Å². The Morgan fingerprint density at radius 2 is 2.39 bits per heavy atom. The van der Waals surface area contributed by atoms with Crippen LogP contribution in [0.15, 0.2) is 11.4 Å². The van der Waals surface area contributed by atoms with E-state index >= 15 is 0 Å². The van der Waals surface area contributed by atoms with Gasteiger partial charge in [-0.1, -0.05) is 18.3 Å². The van der Waals surface area contributed by atoms with Gasteiger partial charge in [0, 0.05) is 28.4 Å². The Bertz CT molecular complexity index is 432. The molecule has 1 saturated heterocycles. The molecular formula is C14H20N2OS. The number of rotatable bonds is 3. The SMILES string of the molecule is NCC#Cc1csc(CN2CCCCC2CO)c1. The second kappa shape index (κ2) is 6.91. The number of hydrogen-bond donors (Lipinski definition) is 2. The zero-order chi connectivity index (χ0) is 12.8. The molecule has 1 aromatic heterocycles. The lowest BCUT2D eigenvalue weighted by molar-refractivity contribution is 0.0850. The molecule has 1 atom stereocenters. The first-order valence-corrected chi connectivity index (χ1v) is 7.32. The van der Waals surface area contributed by atoms with Crippen molar-refractivity contribution in [2.45, 2.75) is 31.8 Å². The smallest absolute Gasteiger partial charge is 0.0587 e. The Morgan fingerprint density at radius 3 is 3.17 bits per heavy atom. The fourth-order valence-electron chi connectivity index (χ4n) is 2.36. The Balaban J connectivity index is 1.97. The van der Waals surface area contributed by atoms with Crippen LogP contribution < -0.4 is 5.73 Å². The quantitative estimate of drug-likeness (QED) is 0.812. The molecule has 0 spiro atoms. The first-order chi connectivity index (χ1) is 8.83. The van der Waals surface area contributed by atoms with Crippen molar-refractivity contribution < 1.29 is 5.11 Å². The average molecular weight is 264 g/mol. The van der Waals surface area contributed by atoms with E-state index in [0.29, 0.717) is 12.6 Å². The minimum Gasteiger partial charge on any atom is -0.395 e. The molecule has 1 aliphatic heterocycles. The third-order valence-corrected chi connectivity index (χ3v) is 4.23. The summed E-state index contributed by atoms with van der Waals surface area (Å²) in [5.74, 6) is 5.93. The predicted octanol–water partition coefficient (Wildman–Crippen LogP) is 1.41. The highest BCUT2D eigenvalue weighted by Gasteiger charge is 2.21. The van der Waals surface area contributed by atoms with Gasteiger partial charge in [-0.2, -0.15) is 0 Å². The number of nitrogens with two attached hydrogens (primary N) is 1. The van der Waals surface area contributed by atoms with Gasteiger partial charge in [0.05, 0.1) is 13.2 Å². The maximum atomic E-state index is 9.39. The zero-order valence-electron chi connectivity index (χ0n) is 10.6. The molecule has 0 radical (unpaired) electrons. The number of aliphatic hydroxyl groups excluding tert-OH is 1. The molecule has 4 heteroatoms. The van der Waals surface area contributed by atoms with Gasteiger partial charge < -0.3 is 10.8 Å². The molecule has 0 amide bonds. The summed E-state index contributed by atoms with van der Waals surface area (Å²) in [6, 6.07) is 2.47. The Kier molecular flexibility index (Phi) is 5.21. The van der Waals surface area contributed by atoms with Crippen LogP contribution in [-0.2, 0) is 6.54 Å². The van der Waals surface area contributed by atoms with Crippen molar-refractivity contribution in [3.8, 4) is 11.8 Å². The molecule has 0 saturated carbocycles. The summed E-state index contributed by atoms with van der Waals surface area (Å²) in [6.45, 7) is 2.70. The standard InChI is InChI=1S/C14H20N2OS/c15-6-3-4-12-8-14(18-11-12)9-16-7-2-1-5-13(16)10-17/h8,11,13,17H,1-2,5-7,9-10,15H2. The largest absolute Gasteiger partial charge is 0.395 e. The third kappa shape index (κ3) is 3.56. The lowest BCUT2D eigenvalue weighted by Gasteiger charge is -2.34. The third-order valence-electron chi connectivity index (χ3n) is 3.31. The van der Waals surface area contributed by atoms with Gasteiger partial charge in [-0.05, 0) is 25.5 Å². The van der Waals surface area contributed by atoms with Gasteiger partial charge in [-0.25, -0.2) is 0 Å². The summed E-state index contributed by atoms with van der Waals surface area (Å²) in [5.41, 5.74) is 6.42. The molecule has 3 N–H and O–H groups in total. The van der Waals surface area contributed by atoms with E-state index in [2.05, 4.69) is 28.2 Å². The van der Waals surface area contributed by atoms with Crippen molar-refractivity contribution in [3.63, 3.8) is 0 Å². The number of hydrogen-bond acceptors (Lipinski definition) is 4. The number of aliphatic hydroxyl groups is 1. The molecule has 0 bridgehead atoms. The molecule has 1 unspecified atom stereocenters. The fraction of sp³-hybridized carbons (Fsp3) is 0.571. The Hall–Kier alpha value is -0.860. The summed E-state index contributed by atoms with van der Waals surface area (Å²) >= 11 is 1.74. The van der Waals surface area contributed by atoms with Gasteiger partial charge >= 0.3 is 0 Å². The van der Waals surface area contributed by atoms with E-state index in [1.807, 2.05) is 0 Å². The van der Waals surface area contributed by atoms with Crippen LogP contribution in [-0.4, -0.2) is 35.7 Å². The normalized spacial score (nSPS) is 20.4. The summed E-state index contributed by atoms with van der Waals surface area (Å²) in [7, 11) is 0. The van der Waals surface area contributed by atoms with E-state index in [9.17, 15) is 5.11 Å². The predicted molar refractivity (Wildman–Crippen MR) is 75.4 cm³/mol. The van der Waals surface area contributed by atoms with Crippen LogP contribution in [0.1, 0.15) is 29.7 Å². The molecule has 1 aromatic rings. The summed E-state index contributed by atoms with van der Waals surface area (Å²) in [6.07, 6.45) is 3.59. The van der Waals surface area contributed by atoms with Gasteiger partial charge in [0.1, 0.15) is 0 Å². The minimum absolute atomic E-state index is 0.269. The van der Waals surface area contributed by atoms with Gasteiger partial charge in [0.2, 0.25) is 0 Å². The topological polar surface area (TPSA) is 49.5 Å². The first kappa shape index (κ1) is 13.6. The van der Waals surface area contributed by atoms with Crippen molar-refractivity contribution in [3.05, 3.63) is 21.9 Å². The molecule has 2 rings (SSSR count). The van der Waals surface area contributed by atoms with Crippen LogP contribution >= 0.6 is 11.3 Å². The molecule has 0 aromatic carbocycles. The van der Waals surface area contributed by atoms with Crippen LogP contribution in [0.5, 0.6) is 0 Å². The van der Waals surface area contributed by atoms with Gasteiger partial charge in [-0.3, -0.25) is 4.90 Å². The highest BCUT2D eigenvalue weighted by molar-refractivity contribution is 7.10. The molecule has 1 fully saturated rings. The van der Waals surface area contributed by atoms with Crippen LogP contribution in [0.25, 0.3) is 0 Å². The van der Waals surface area contributed by atoms with Crippen LogP contribution in [0.3, 0.4) is 0 Å². The number of piperidine rings is 1. The second-order valence-electron chi connectivity index (χ2n) is 4.61. The molecular weight excluding hydrogens is 244 g/mol. The number of likely N-dealkylation sites (tertiary alicyclic amines) is 1. The molecule has 18 heavy (non-hydrogen) atoms. The number of thiophene rings is 1. The Labute approximate surface area is 113 Å². The fourth-order valence-corrected chi connectivity index (χ4v) is 3.20. The minimum atomic E-state index is 0.269. The highest BCUT2D eigenvalue weighted by Crippen LogP contribution is 2.22. The lowest BCUT2D eigenvalue weighted by atomic mass is 10.0. The van der Waals surface area contributed by atoms with Crippen molar-refractivity contribution in [2.24, 2.45) is 5.73 Å². The van der Waals surface area contributed by atoms with E-state index in [0.717, 1.165) is 25.1 Å². The summed E-state index contributed by atoms with van der Waals surface area (Å²) in [5, 5.41) is 11.5.